The molecule has 3 heteroatoms. The molecule has 0 unspecified atom stereocenters. The van der Waals surface area contributed by atoms with Crippen LogP contribution in [-0.4, -0.2) is 19.4 Å². The Bertz CT molecular complexity index is 83.1. The van der Waals surface area contributed by atoms with Gasteiger partial charge in [-0.25, -0.2) is 0 Å². The van der Waals surface area contributed by atoms with E-state index in [1.807, 2.05) is 0 Å². The Morgan fingerprint density at radius 3 is 2.89 bits per heavy atom. The normalized spacial score (nSPS) is 9.56. The van der Waals surface area contributed by atoms with Crippen molar-refractivity contribution in [3.05, 3.63) is 6.92 Å². The largest absolute Gasteiger partial charge is 0.305 e. The van der Waals surface area contributed by atoms with Crippen molar-refractivity contribution in [2.24, 2.45) is 0 Å². The van der Waals surface area contributed by atoms with Gasteiger partial charge in [-0.05, 0) is 6.42 Å². The summed E-state index contributed by atoms with van der Waals surface area (Å²) in [6, 6.07) is 0. The lowest BCUT2D eigenvalue weighted by Crippen LogP contribution is -2.21. The van der Waals surface area contributed by atoms with Gasteiger partial charge in [0.15, 0.2) is 0 Å². The van der Waals surface area contributed by atoms with E-state index in [-0.39, 0.29) is 12.3 Å². The Morgan fingerprint density at radius 2 is 2.44 bits per heavy atom. The van der Waals surface area contributed by atoms with E-state index in [2.05, 4.69) is 17.2 Å². The van der Waals surface area contributed by atoms with E-state index in [1.54, 1.807) is 0 Å². The molecule has 0 atom stereocenters. The molecule has 0 aliphatic heterocycles. The zero-order valence-electron chi connectivity index (χ0n) is 5.64. The van der Waals surface area contributed by atoms with Crippen LogP contribution in [0.1, 0.15) is 12.8 Å². The highest BCUT2D eigenvalue weighted by Gasteiger charge is 1.96. The van der Waals surface area contributed by atoms with Gasteiger partial charge in [-0.3, -0.25) is 4.79 Å². The second-order valence-electron chi connectivity index (χ2n) is 1.67. The van der Waals surface area contributed by atoms with Crippen molar-refractivity contribution in [3.8, 4) is 0 Å². The number of hydroxylamine groups is 1. The summed E-state index contributed by atoms with van der Waals surface area (Å²) in [6.45, 7) is 3.83. The highest BCUT2D eigenvalue weighted by atomic mass is 16.6. The number of carbonyl (C=O) groups excluding carboxylic acids is 1. The van der Waals surface area contributed by atoms with Crippen molar-refractivity contribution in [1.29, 1.82) is 0 Å². The number of hydrogen-bond acceptors (Lipinski definition) is 3. The van der Waals surface area contributed by atoms with Gasteiger partial charge in [0.25, 0.3) is 0 Å². The smallest absolute Gasteiger partial charge is 0.148 e. The molecule has 0 saturated carbocycles. The molecule has 0 aromatic carbocycles. The van der Waals surface area contributed by atoms with Crippen LogP contribution in [0.5, 0.6) is 0 Å². The number of nitrogens with one attached hydrogen (secondary N) is 1. The molecule has 1 N–H and O–H groups in total. The minimum absolute atomic E-state index is 0.131. The molecule has 0 heterocycles. The SMILES string of the molecule is [CH2]CCC(=O)CNOC. The molecular formula is C6H12NO2. The zero-order valence-corrected chi connectivity index (χ0v) is 5.64. The van der Waals surface area contributed by atoms with E-state index in [0.29, 0.717) is 12.8 Å². The van der Waals surface area contributed by atoms with E-state index < -0.39 is 0 Å². The quantitative estimate of drug-likeness (QED) is 0.545. The van der Waals surface area contributed by atoms with Gasteiger partial charge in [-0.2, -0.15) is 5.48 Å². The van der Waals surface area contributed by atoms with E-state index >= 15 is 0 Å². The predicted molar refractivity (Wildman–Crippen MR) is 34.6 cm³/mol. The highest BCUT2D eigenvalue weighted by Crippen LogP contribution is 1.85. The maximum atomic E-state index is 10.6. The lowest BCUT2D eigenvalue weighted by Gasteiger charge is -1.97. The molecule has 3 nitrogen and oxygen atoms in total. The fourth-order valence-corrected chi connectivity index (χ4v) is 0.438. The molecule has 0 fully saturated rings. The van der Waals surface area contributed by atoms with Crippen molar-refractivity contribution < 1.29 is 9.63 Å². The van der Waals surface area contributed by atoms with Gasteiger partial charge in [-0.15, -0.1) is 0 Å². The van der Waals surface area contributed by atoms with Crippen molar-refractivity contribution in [2.75, 3.05) is 13.7 Å². The molecule has 53 valence electrons. The second-order valence-corrected chi connectivity index (χ2v) is 1.67. The molecule has 0 aliphatic rings. The molecule has 0 spiro atoms. The molecule has 0 amide bonds. The van der Waals surface area contributed by atoms with Gasteiger partial charge >= 0.3 is 0 Å². The molecule has 0 aliphatic carbocycles. The van der Waals surface area contributed by atoms with Crippen LogP contribution in [0.2, 0.25) is 0 Å². The zero-order chi connectivity index (χ0) is 7.11. The highest BCUT2D eigenvalue weighted by molar-refractivity contribution is 5.80. The molecule has 0 bridgehead atoms. The predicted octanol–water partition coefficient (Wildman–Crippen LogP) is 0.321. The number of rotatable bonds is 5. The van der Waals surface area contributed by atoms with Crippen molar-refractivity contribution in [2.45, 2.75) is 12.8 Å². The summed E-state index contributed by atoms with van der Waals surface area (Å²) in [7, 11) is 1.48. The van der Waals surface area contributed by atoms with Gasteiger partial charge in [0.2, 0.25) is 0 Å². The van der Waals surface area contributed by atoms with E-state index in [4.69, 9.17) is 0 Å². The lowest BCUT2D eigenvalue weighted by atomic mass is 10.2. The summed E-state index contributed by atoms with van der Waals surface area (Å²) >= 11 is 0. The van der Waals surface area contributed by atoms with Gasteiger partial charge in [-0.1, -0.05) is 6.92 Å². The van der Waals surface area contributed by atoms with Gasteiger partial charge in [0, 0.05) is 6.42 Å². The fraction of sp³-hybridized carbons (Fsp3) is 0.667. The molecule has 0 rings (SSSR count). The topological polar surface area (TPSA) is 38.3 Å². The van der Waals surface area contributed by atoms with Crippen LogP contribution < -0.4 is 5.48 Å². The average Bonchev–Trinajstić information content (AvgIpc) is 1.85. The Labute approximate surface area is 55.3 Å². The summed E-state index contributed by atoms with van der Waals surface area (Å²) in [5.41, 5.74) is 2.46. The number of ketones is 1. The summed E-state index contributed by atoms with van der Waals surface area (Å²) in [6.07, 6.45) is 1.18. The first-order chi connectivity index (χ1) is 4.31. The standard InChI is InChI=1S/C6H12NO2/c1-3-4-6(8)5-7-9-2/h7H,1,3-5H2,2H3. The first kappa shape index (κ1) is 8.59. The third-order valence-electron chi connectivity index (χ3n) is 0.869. The fourth-order valence-electron chi connectivity index (χ4n) is 0.438. The molecule has 0 aromatic rings. The van der Waals surface area contributed by atoms with Gasteiger partial charge in [0.1, 0.15) is 5.78 Å². The monoisotopic (exact) mass is 130 g/mol. The van der Waals surface area contributed by atoms with Crippen molar-refractivity contribution in [3.63, 3.8) is 0 Å². The van der Waals surface area contributed by atoms with Crippen LogP contribution in [-0.2, 0) is 9.63 Å². The lowest BCUT2D eigenvalue weighted by molar-refractivity contribution is -0.120. The van der Waals surface area contributed by atoms with Crippen LogP contribution in [0, 0.1) is 6.92 Å². The maximum Gasteiger partial charge on any atom is 0.148 e. The van der Waals surface area contributed by atoms with Gasteiger partial charge in [0.05, 0.1) is 13.7 Å². The van der Waals surface area contributed by atoms with Crippen molar-refractivity contribution in [1.82, 2.24) is 5.48 Å². The van der Waals surface area contributed by atoms with Crippen LogP contribution in [0.25, 0.3) is 0 Å². The summed E-state index contributed by atoms with van der Waals surface area (Å²) in [5, 5.41) is 0. The Morgan fingerprint density at radius 1 is 1.78 bits per heavy atom. The maximum absolute atomic E-state index is 10.6. The Hall–Kier alpha value is -0.410. The van der Waals surface area contributed by atoms with Crippen LogP contribution >= 0.6 is 0 Å². The van der Waals surface area contributed by atoms with E-state index in [1.165, 1.54) is 7.11 Å². The molecular weight excluding hydrogens is 118 g/mol. The average molecular weight is 130 g/mol. The summed E-state index contributed by atoms with van der Waals surface area (Å²) < 4.78 is 0. The molecule has 9 heavy (non-hydrogen) atoms. The minimum atomic E-state index is 0.131. The third-order valence-corrected chi connectivity index (χ3v) is 0.869. The Balaban J connectivity index is 3.06. The second kappa shape index (κ2) is 5.72. The first-order valence-electron chi connectivity index (χ1n) is 2.88. The first-order valence-corrected chi connectivity index (χ1v) is 2.88. The number of hydrogen-bond donors (Lipinski definition) is 1. The summed E-state index contributed by atoms with van der Waals surface area (Å²) in [4.78, 5) is 15.1. The molecule has 0 saturated heterocycles. The van der Waals surface area contributed by atoms with E-state index in [0.717, 1.165) is 0 Å². The molecule has 0 aromatic heterocycles. The third kappa shape index (κ3) is 5.46. The van der Waals surface area contributed by atoms with Crippen molar-refractivity contribution >= 4 is 5.78 Å². The van der Waals surface area contributed by atoms with Crippen LogP contribution in [0.3, 0.4) is 0 Å². The van der Waals surface area contributed by atoms with Crippen LogP contribution in [0.15, 0.2) is 0 Å². The Kier molecular flexibility index (Phi) is 5.46. The number of Topliss-reactive ketones (excluding diaryl/α,β-unsaturated/α-hetero) is 1. The number of carbonyl (C=O) groups is 1. The van der Waals surface area contributed by atoms with E-state index in [9.17, 15) is 4.79 Å². The molecule has 1 radical (unpaired) electrons. The summed E-state index contributed by atoms with van der Waals surface area (Å²) in [5.74, 6) is 0.131. The van der Waals surface area contributed by atoms with Crippen LogP contribution in [0.4, 0.5) is 0 Å². The van der Waals surface area contributed by atoms with Gasteiger partial charge < -0.3 is 4.84 Å². The minimum Gasteiger partial charge on any atom is -0.305 e.